The number of halogens is 3. The molecular formula is C14H18F3N3. The molecule has 6 heteroatoms. The second-order valence-electron chi connectivity index (χ2n) is 4.53. The first kappa shape index (κ1) is 16.1. The summed E-state index contributed by atoms with van der Waals surface area (Å²) in [5, 5.41) is 2.90. The maximum Gasteiger partial charge on any atom is 0.416 e. The fraction of sp³-hybridized carbons (Fsp3) is 0.357. The van der Waals surface area contributed by atoms with Crippen molar-refractivity contribution in [3.05, 3.63) is 47.5 Å². The van der Waals surface area contributed by atoms with Crippen molar-refractivity contribution in [2.75, 3.05) is 13.1 Å². The van der Waals surface area contributed by atoms with E-state index < -0.39 is 11.7 Å². The van der Waals surface area contributed by atoms with Gasteiger partial charge in [0, 0.05) is 6.54 Å². The predicted octanol–water partition coefficient (Wildman–Crippen LogP) is 2.73. The van der Waals surface area contributed by atoms with Crippen LogP contribution in [0, 0.1) is 0 Å². The third-order valence-corrected chi connectivity index (χ3v) is 2.52. The molecule has 1 aromatic rings. The molecule has 3 nitrogen and oxygen atoms in total. The Morgan fingerprint density at radius 2 is 1.90 bits per heavy atom. The summed E-state index contributed by atoms with van der Waals surface area (Å²) in [4.78, 5) is 4.04. The largest absolute Gasteiger partial charge is 0.416 e. The molecule has 0 fully saturated rings. The number of aliphatic imine (C=N–C) groups is 1. The van der Waals surface area contributed by atoms with E-state index in [1.807, 2.05) is 6.92 Å². The fourth-order valence-corrected chi connectivity index (χ4v) is 1.47. The lowest BCUT2D eigenvalue weighted by atomic mass is 10.1. The summed E-state index contributed by atoms with van der Waals surface area (Å²) in [5.41, 5.74) is 6.68. The minimum absolute atomic E-state index is 0.305. The minimum Gasteiger partial charge on any atom is -0.370 e. The molecule has 110 valence electrons. The third-order valence-electron chi connectivity index (χ3n) is 2.52. The van der Waals surface area contributed by atoms with Crippen LogP contribution in [0.2, 0.25) is 0 Å². The van der Waals surface area contributed by atoms with Crippen LogP contribution in [0.15, 0.2) is 41.4 Å². The van der Waals surface area contributed by atoms with Crippen LogP contribution >= 0.6 is 0 Å². The summed E-state index contributed by atoms with van der Waals surface area (Å²) in [6.07, 6.45) is -3.72. The van der Waals surface area contributed by atoms with Gasteiger partial charge in [0.15, 0.2) is 5.96 Å². The van der Waals surface area contributed by atoms with E-state index in [0.717, 1.165) is 23.3 Å². The van der Waals surface area contributed by atoms with Crippen molar-refractivity contribution in [2.45, 2.75) is 19.5 Å². The lowest BCUT2D eigenvalue weighted by Crippen LogP contribution is -2.33. The molecule has 0 aliphatic carbocycles. The number of hydrogen-bond acceptors (Lipinski definition) is 1. The molecule has 0 aliphatic rings. The predicted molar refractivity (Wildman–Crippen MR) is 74.5 cm³/mol. The van der Waals surface area contributed by atoms with Gasteiger partial charge in [0.1, 0.15) is 0 Å². The normalized spacial score (nSPS) is 12.3. The first-order valence-corrected chi connectivity index (χ1v) is 6.13. The van der Waals surface area contributed by atoms with E-state index in [1.165, 1.54) is 12.1 Å². The smallest absolute Gasteiger partial charge is 0.370 e. The van der Waals surface area contributed by atoms with E-state index in [0.29, 0.717) is 25.5 Å². The van der Waals surface area contributed by atoms with Crippen molar-refractivity contribution in [3.63, 3.8) is 0 Å². The Hall–Kier alpha value is -1.98. The standard InChI is InChI=1S/C14H18F3N3/c1-10(2)9-20-13(18)19-8-7-11-3-5-12(6-4-11)14(15,16)17/h3-6H,1,7-9H2,2H3,(H3,18,19,20). The molecule has 0 spiro atoms. The number of alkyl halides is 3. The highest BCUT2D eigenvalue weighted by molar-refractivity contribution is 5.77. The lowest BCUT2D eigenvalue weighted by molar-refractivity contribution is -0.137. The Balaban J connectivity index is 2.43. The second-order valence-corrected chi connectivity index (χ2v) is 4.53. The molecule has 1 aromatic carbocycles. The Morgan fingerprint density at radius 3 is 2.40 bits per heavy atom. The topological polar surface area (TPSA) is 50.4 Å². The highest BCUT2D eigenvalue weighted by Crippen LogP contribution is 2.29. The van der Waals surface area contributed by atoms with Crippen LogP contribution in [0.5, 0.6) is 0 Å². The van der Waals surface area contributed by atoms with Crippen molar-refractivity contribution >= 4 is 5.96 Å². The summed E-state index contributed by atoms with van der Waals surface area (Å²) < 4.78 is 37.1. The Kier molecular flexibility index (Phi) is 5.61. The molecule has 0 saturated carbocycles. The molecule has 0 atom stereocenters. The van der Waals surface area contributed by atoms with Gasteiger partial charge in [-0.05, 0) is 31.0 Å². The number of guanidine groups is 1. The quantitative estimate of drug-likeness (QED) is 0.496. The Bertz CT molecular complexity index is 475. The zero-order valence-corrected chi connectivity index (χ0v) is 11.3. The van der Waals surface area contributed by atoms with Gasteiger partial charge in [-0.15, -0.1) is 0 Å². The van der Waals surface area contributed by atoms with E-state index in [2.05, 4.69) is 16.9 Å². The molecule has 0 heterocycles. The van der Waals surface area contributed by atoms with E-state index in [-0.39, 0.29) is 0 Å². The van der Waals surface area contributed by atoms with E-state index in [4.69, 9.17) is 5.73 Å². The van der Waals surface area contributed by atoms with Gasteiger partial charge in [0.05, 0.1) is 12.1 Å². The number of nitrogens with zero attached hydrogens (tertiary/aromatic N) is 1. The molecule has 20 heavy (non-hydrogen) atoms. The van der Waals surface area contributed by atoms with E-state index in [1.54, 1.807) is 0 Å². The SMILES string of the molecule is C=C(C)CN=C(N)NCCc1ccc(C(F)(F)F)cc1. The average molecular weight is 285 g/mol. The zero-order valence-electron chi connectivity index (χ0n) is 11.3. The van der Waals surface area contributed by atoms with Crippen LogP contribution in [0.1, 0.15) is 18.1 Å². The highest BCUT2D eigenvalue weighted by Gasteiger charge is 2.29. The Labute approximate surface area is 116 Å². The van der Waals surface area contributed by atoms with Gasteiger partial charge in [-0.1, -0.05) is 24.3 Å². The molecule has 0 saturated heterocycles. The summed E-state index contributed by atoms with van der Waals surface area (Å²) >= 11 is 0. The van der Waals surface area contributed by atoms with Crippen LogP contribution in [-0.2, 0) is 12.6 Å². The third kappa shape index (κ3) is 5.77. The van der Waals surface area contributed by atoms with Gasteiger partial charge < -0.3 is 11.1 Å². The minimum atomic E-state index is -4.30. The first-order valence-electron chi connectivity index (χ1n) is 6.13. The number of rotatable bonds is 5. The molecule has 0 bridgehead atoms. The molecule has 0 radical (unpaired) electrons. The molecule has 1 rings (SSSR count). The van der Waals surface area contributed by atoms with Crippen LogP contribution in [0.3, 0.4) is 0 Å². The molecule has 3 N–H and O–H groups in total. The maximum atomic E-state index is 12.4. The highest BCUT2D eigenvalue weighted by atomic mass is 19.4. The summed E-state index contributed by atoms with van der Waals surface area (Å²) in [6, 6.07) is 5.08. The average Bonchev–Trinajstić information content (AvgIpc) is 2.36. The maximum absolute atomic E-state index is 12.4. The van der Waals surface area contributed by atoms with E-state index in [9.17, 15) is 13.2 Å². The van der Waals surface area contributed by atoms with Crippen LogP contribution in [0.4, 0.5) is 13.2 Å². The van der Waals surface area contributed by atoms with Crippen molar-refractivity contribution in [3.8, 4) is 0 Å². The second kappa shape index (κ2) is 6.98. The zero-order chi connectivity index (χ0) is 15.2. The molecule has 0 aliphatic heterocycles. The summed E-state index contributed by atoms with van der Waals surface area (Å²) in [7, 11) is 0. The van der Waals surface area contributed by atoms with Gasteiger partial charge in [-0.3, -0.25) is 0 Å². The van der Waals surface area contributed by atoms with Gasteiger partial charge in [-0.2, -0.15) is 13.2 Å². The monoisotopic (exact) mass is 285 g/mol. The molecule has 0 aromatic heterocycles. The summed E-state index contributed by atoms with van der Waals surface area (Å²) in [6.45, 7) is 6.52. The van der Waals surface area contributed by atoms with Gasteiger partial charge in [0.2, 0.25) is 0 Å². The first-order chi connectivity index (χ1) is 9.29. The fourth-order valence-electron chi connectivity index (χ4n) is 1.47. The van der Waals surface area contributed by atoms with Crippen LogP contribution in [-0.4, -0.2) is 19.0 Å². The molecular weight excluding hydrogens is 267 g/mol. The van der Waals surface area contributed by atoms with Crippen molar-refractivity contribution in [1.82, 2.24) is 5.32 Å². The number of benzene rings is 1. The van der Waals surface area contributed by atoms with Crippen LogP contribution in [0.25, 0.3) is 0 Å². The van der Waals surface area contributed by atoms with Crippen molar-refractivity contribution in [2.24, 2.45) is 10.7 Å². The number of hydrogen-bond donors (Lipinski definition) is 2. The molecule has 0 unspecified atom stereocenters. The number of nitrogens with one attached hydrogen (secondary N) is 1. The Morgan fingerprint density at radius 1 is 1.30 bits per heavy atom. The van der Waals surface area contributed by atoms with Crippen LogP contribution < -0.4 is 11.1 Å². The van der Waals surface area contributed by atoms with Gasteiger partial charge in [-0.25, -0.2) is 4.99 Å². The number of nitrogens with two attached hydrogens (primary N) is 1. The van der Waals surface area contributed by atoms with E-state index >= 15 is 0 Å². The van der Waals surface area contributed by atoms with Crippen molar-refractivity contribution in [1.29, 1.82) is 0 Å². The lowest BCUT2D eigenvalue weighted by Gasteiger charge is -2.08. The van der Waals surface area contributed by atoms with Gasteiger partial charge in [0.25, 0.3) is 0 Å². The molecule has 0 amide bonds. The van der Waals surface area contributed by atoms with Gasteiger partial charge >= 0.3 is 6.18 Å². The summed E-state index contributed by atoms with van der Waals surface area (Å²) in [5.74, 6) is 0.305. The van der Waals surface area contributed by atoms with Crippen molar-refractivity contribution < 1.29 is 13.2 Å².